The van der Waals surface area contributed by atoms with Gasteiger partial charge in [-0.25, -0.2) is 8.78 Å². The topological polar surface area (TPSA) is 143 Å². The molecule has 0 spiro atoms. The first kappa shape index (κ1) is 22.9. The van der Waals surface area contributed by atoms with E-state index in [0.29, 0.717) is 0 Å². The highest BCUT2D eigenvalue weighted by molar-refractivity contribution is 5.81. The second-order valence-electron chi connectivity index (χ2n) is 6.70. The maximum absolute atomic E-state index is 15.6. The van der Waals surface area contributed by atoms with Crippen LogP contribution in [0.4, 0.5) is 8.78 Å². The van der Waals surface area contributed by atoms with Crippen LogP contribution in [0.2, 0.25) is 0 Å². The summed E-state index contributed by atoms with van der Waals surface area (Å²) in [6.07, 6.45) is 0. The molecular formula is C26H8F2N6. The van der Waals surface area contributed by atoms with Crippen LogP contribution in [0, 0.1) is 79.6 Å². The fraction of sp³-hybridized carbons (Fsp3) is 0. The quantitative estimate of drug-likeness (QED) is 0.597. The molecule has 3 aromatic rings. The van der Waals surface area contributed by atoms with Gasteiger partial charge in [0.2, 0.25) is 0 Å². The lowest BCUT2D eigenvalue weighted by atomic mass is 9.93. The van der Waals surface area contributed by atoms with E-state index in [2.05, 4.69) is 0 Å². The lowest BCUT2D eigenvalue weighted by molar-refractivity contribution is 0.577. The number of nitrogens with zero attached hydrogens (tertiary/aromatic N) is 6. The molecule has 0 amide bonds. The van der Waals surface area contributed by atoms with E-state index in [0.717, 1.165) is 0 Å². The van der Waals surface area contributed by atoms with Crippen LogP contribution < -0.4 is 10.4 Å². The second-order valence-corrected chi connectivity index (χ2v) is 6.70. The molecule has 0 bridgehead atoms. The molecule has 6 nitrogen and oxygen atoms in total. The molecule has 156 valence electrons. The van der Waals surface area contributed by atoms with Gasteiger partial charge in [0.1, 0.15) is 24.3 Å². The third-order valence-corrected chi connectivity index (χ3v) is 4.93. The van der Waals surface area contributed by atoms with Gasteiger partial charge in [-0.2, -0.15) is 31.6 Å². The van der Waals surface area contributed by atoms with Crippen LogP contribution in [-0.2, 0) is 0 Å². The number of nitriles is 6. The zero-order chi connectivity index (χ0) is 24.8. The maximum Gasteiger partial charge on any atom is 0.151 e. The largest absolute Gasteiger partial charge is 0.205 e. The highest BCUT2D eigenvalue weighted by atomic mass is 19.1. The van der Waals surface area contributed by atoms with E-state index in [9.17, 15) is 21.0 Å². The van der Waals surface area contributed by atoms with E-state index in [4.69, 9.17) is 10.5 Å². The van der Waals surface area contributed by atoms with Crippen LogP contribution in [0.3, 0.4) is 0 Å². The average Bonchev–Trinajstić information content (AvgIpc) is 2.88. The fourth-order valence-corrected chi connectivity index (χ4v) is 3.32. The molecule has 0 saturated heterocycles. The first-order valence-electron chi connectivity index (χ1n) is 9.36. The van der Waals surface area contributed by atoms with Crippen molar-refractivity contribution in [3.05, 3.63) is 104 Å². The Bertz CT molecular complexity index is 1580. The molecule has 3 aromatic carbocycles. The normalized spacial score (nSPS) is 11.4. The summed E-state index contributed by atoms with van der Waals surface area (Å²) in [7, 11) is 0. The molecule has 0 unspecified atom stereocenters. The van der Waals surface area contributed by atoms with Gasteiger partial charge in [0, 0.05) is 0 Å². The molecule has 0 aliphatic rings. The van der Waals surface area contributed by atoms with Gasteiger partial charge < -0.3 is 0 Å². The molecule has 0 saturated carbocycles. The summed E-state index contributed by atoms with van der Waals surface area (Å²) in [5.41, 5.74) is -1.82. The minimum Gasteiger partial charge on any atom is -0.205 e. The Hall–Kier alpha value is -5.80. The number of halogens is 2. The van der Waals surface area contributed by atoms with Crippen molar-refractivity contribution >= 4 is 11.1 Å². The highest BCUT2D eigenvalue weighted by Crippen LogP contribution is 2.17. The van der Waals surface area contributed by atoms with Crippen LogP contribution in [0.25, 0.3) is 11.1 Å². The minimum absolute atomic E-state index is 0.101. The van der Waals surface area contributed by atoms with Gasteiger partial charge >= 0.3 is 0 Å². The summed E-state index contributed by atoms with van der Waals surface area (Å²) < 4.78 is 31.3. The summed E-state index contributed by atoms with van der Waals surface area (Å²) in [5.74, 6) is -2.67. The monoisotopic (exact) mass is 442 g/mol. The standard InChI is InChI=1S/C26H8F2N6/c27-25-22(14-34)24(20(12-32)18-7-3-16(10-30)4-8-18)26(28)21(13-33)23(25)19(11-31)17-5-1-15(9-29)2-6-17/h1-8H. The summed E-state index contributed by atoms with van der Waals surface area (Å²) >= 11 is 0. The Balaban J connectivity index is 2.58. The summed E-state index contributed by atoms with van der Waals surface area (Å²) in [6, 6.07) is 21.1. The fourth-order valence-electron chi connectivity index (χ4n) is 3.32. The van der Waals surface area contributed by atoms with Gasteiger partial charge in [-0.3, -0.25) is 0 Å². The van der Waals surface area contributed by atoms with E-state index < -0.39 is 44.3 Å². The van der Waals surface area contributed by atoms with Crippen LogP contribution in [0.1, 0.15) is 33.4 Å². The molecule has 3 rings (SSSR count). The SMILES string of the molecule is N#CC(c1ccc(C#N)cc1)=c1c(F)c(C#N)c(=C(C#N)c2ccc(C#N)cc2)c(F)c1C#N. The van der Waals surface area contributed by atoms with Crippen molar-refractivity contribution in [2.75, 3.05) is 0 Å². The van der Waals surface area contributed by atoms with E-state index in [-0.39, 0.29) is 22.3 Å². The van der Waals surface area contributed by atoms with Crippen molar-refractivity contribution in [2.24, 2.45) is 0 Å². The van der Waals surface area contributed by atoms with Crippen molar-refractivity contribution in [1.82, 2.24) is 0 Å². The third kappa shape index (κ3) is 3.80. The molecule has 0 aliphatic carbocycles. The molecule has 0 N–H and O–H groups in total. The van der Waals surface area contributed by atoms with Gasteiger partial charge in [-0.15, -0.1) is 0 Å². The Kier molecular flexibility index (Phi) is 6.43. The lowest BCUT2D eigenvalue weighted by Crippen LogP contribution is -2.30. The molecular weight excluding hydrogens is 434 g/mol. The van der Waals surface area contributed by atoms with Crippen molar-refractivity contribution in [3.63, 3.8) is 0 Å². The van der Waals surface area contributed by atoms with E-state index >= 15 is 8.78 Å². The Morgan fingerprint density at radius 2 is 0.824 bits per heavy atom. The second kappa shape index (κ2) is 9.56. The van der Waals surface area contributed by atoms with Crippen LogP contribution in [-0.4, -0.2) is 0 Å². The predicted octanol–water partition coefficient (Wildman–Crippen LogP) is 2.90. The zero-order valence-electron chi connectivity index (χ0n) is 17.1. The minimum atomic E-state index is -1.34. The number of hydrogen-bond acceptors (Lipinski definition) is 6. The van der Waals surface area contributed by atoms with Gasteiger partial charge in [-0.05, 0) is 35.4 Å². The summed E-state index contributed by atoms with van der Waals surface area (Å²) in [4.78, 5) is 0. The van der Waals surface area contributed by atoms with Gasteiger partial charge in [0.05, 0.1) is 56.0 Å². The Labute approximate surface area is 192 Å². The van der Waals surface area contributed by atoms with Crippen molar-refractivity contribution in [1.29, 1.82) is 31.6 Å². The smallest absolute Gasteiger partial charge is 0.151 e. The van der Waals surface area contributed by atoms with E-state index in [1.807, 2.05) is 12.1 Å². The van der Waals surface area contributed by atoms with Gasteiger partial charge in [0.15, 0.2) is 11.6 Å². The summed E-state index contributed by atoms with van der Waals surface area (Å²) in [6.45, 7) is 0. The average molecular weight is 442 g/mol. The first-order valence-corrected chi connectivity index (χ1v) is 9.36. The lowest BCUT2D eigenvalue weighted by Gasteiger charge is -2.08. The van der Waals surface area contributed by atoms with Crippen LogP contribution >= 0.6 is 0 Å². The third-order valence-electron chi connectivity index (χ3n) is 4.93. The zero-order valence-corrected chi connectivity index (χ0v) is 17.1. The van der Waals surface area contributed by atoms with Crippen LogP contribution in [0.15, 0.2) is 48.5 Å². The number of hydrogen-bond donors (Lipinski definition) is 0. The molecule has 0 radical (unpaired) electrons. The van der Waals surface area contributed by atoms with Gasteiger partial charge in [0.25, 0.3) is 0 Å². The van der Waals surface area contributed by atoms with Gasteiger partial charge in [-0.1, -0.05) is 24.3 Å². The molecule has 0 atom stereocenters. The number of benzene rings is 3. The molecule has 0 heterocycles. The maximum atomic E-state index is 15.6. The Morgan fingerprint density at radius 1 is 0.500 bits per heavy atom. The van der Waals surface area contributed by atoms with Crippen molar-refractivity contribution < 1.29 is 8.78 Å². The van der Waals surface area contributed by atoms with Crippen molar-refractivity contribution in [2.45, 2.75) is 0 Å². The molecule has 8 heteroatoms. The molecule has 34 heavy (non-hydrogen) atoms. The summed E-state index contributed by atoms with van der Waals surface area (Å²) in [5, 5.41) is 55.1. The van der Waals surface area contributed by atoms with Crippen molar-refractivity contribution in [3.8, 4) is 36.4 Å². The molecule has 0 aliphatic heterocycles. The molecule has 0 fully saturated rings. The predicted molar refractivity (Wildman–Crippen MR) is 114 cm³/mol. The van der Waals surface area contributed by atoms with E-state index in [1.165, 1.54) is 60.7 Å². The number of rotatable bonds is 2. The van der Waals surface area contributed by atoms with E-state index in [1.54, 1.807) is 12.1 Å². The first-order chi connectivity index (χ1) is 16.4. The van der Waals surface area contributed by atoms with Crippen LogP contribution in [0.5, 0.6) is 0 Å². The highest BCUT2D eigenvalue weighted by Gasteiger charge is 2.23. The molecule has 0 aromatic heterocycles. The Morgan fingerprint density at radius 3 is 1.06 bits per heavy atom.